The smallest absolute Gasteiger partial charge is 0.410 e. The summed E-state index contributed by atoms with van der Waals surface area (Å²) in [6.45, 7) is 0.279. The Bertz CT molecular complexity index is 1510. The fourth-order valence-corrected chi connectivity index (χ4v) is 6.78. The largest absolute Gasteiger partial charge is 0.456 e. The monoisotopic (exact) mass is 585 g/mol. The van der Waals surface area contributed by atoms with E-state index in [0.29, 0.717) is 18.5 Å². The fraction of sp³-hybridized carbons (Fsp3) is 0.344. The Hall–Kier alpha value is -3.45. The van der Waals surface area contributed by atoms with Crippen molar-refractivity contribution in [3.05, 3.63) is 93.5 Å². The van der Waals surface area contributed by atoms with Crippen molar-refractivity contribution in [3.63, 3.8) is 0 Å². The standard InChI is InChI=1S/C32H28BrNO5/c33-22-7-9-24-23-8-6-21(14-25(23)32(12-13-32)26(24)15-22)28(35)18-38-29(36)27-16-31(10-11-31)19-34(27)30(37)39-17-20-4-2-1-3-5-20/h1-9,14-15,27H,10-13,16-19H2/t27-/m0/s1. The number of benzene rings is 3. The number of ketones is 1. The number of rotatable bonds is 6. The number of fused-ring (bicyclic) bond motifs is 5. The molecule has 3 aliphatic carbocycles. The maximum atomic E-state index is 13.1. The van der Waals surface area contributed by atoms with E-state index >= 15 is 0 Å². The quantitative estimate of drug-likeness (QED) is 0.246. The number of hydrogen-bond acceptors (Lipinski definition) is 5. The second kappa shape index (κ2) is 9.05. The Morgan fingerprint density at radius 1 is 0.872 bits per heavy atom. The lowest BCUT2D eigenvalue weighted by Gasteiger charge is -2.22. The molecule has 0 aromatic heterocycles. The number of ether oxygens (including phenoxy) is 2. The van der Waals surface area contributed by atoms with Gasteiger partial charge in [-0.15, -0.1) is 0 Å². The highest BCUT2D eigenvalue weighted by Crippen LogP contribution is 2.63. The Morgan fingerprint density at radius 3 is 2.31 bits per heavy atom. The van der Waals surface area contributed by atoms with Crippen molar-refractivity contribution >= 4 is 33.8 Å². The number of hydrogen-bond donors (Lipinski definition) is 0. The summed E-state index contributed by atoms with van der Waals surface area (Å²) in [5, 5.41) is 0. The molecule has 2 spiro atoms. The first-order valence-corrected chi connectivity index (χ1v) is 14.3. The molecule has 1 atom stereocenters. The minimum atomic E-state index is -0.730. The number of carbonyl (C=O) groups is 3. The van der Waals surface area contributed by atoms with Crippen LogP contribution in [0.3, 0.4) is 0 Å². The average Bonchev–Trinajstić information content (AvgIpc) is 3.85. The zero-order valence-electron chi connectivity index (χ0n) is 21.5. The molecular weight excluding hydrogens is 558 g/mol. The average molecular weight is 586 g/mol. The summed E-state index contributed by atoms with van der Waals surface area (Å²) >= 11 is 3.60. The molecule has 3 fully saturated rings. The van der Waals surface area contributed by atoms with Gasteiger partial charge >= 0.3 is 12.1 Å². The normalized spacial score (nSPS) is 20.4. The van der Waals surface area contributed by atoms with Gasteiger partial charge in [0.2, 0.25) is 0 Å². The third-order valence-corrected chi connectivity index (χ3v) is 9.41. The number of Topliss-reactive ketones (excluding diaryl/α,β-unsaturated/α-hetero) is 1. The van der Waals surface area contributed by atoms with Gasteiger partial charge in [0, 0.05) is 22.0 Å². The topological polar surface area (TPSA) is 72.9 Å². The molecule has 1 amide bonds. The van der Waals surface area contributed by atoms with Crippen LogP contribution in [0.15, 0.2) is 71.2 Å². The molecule has 0 unspecified atom stereocenters. The second-order valence-electron chi connectivity index (χ2n) is 11.5. The number of likely N-dealkylation sites (tertiary alicyclic amines) is 1. The predicted molar refractivity (Wildman–Crippen MR) is 148 cm³/mol. The maximum absolute atomic E-state index is 13.1. The first kappa shape index (κ1) is 24.6. The van der Waals surface area contributed by atoms with E-state index in [0.717, 1.165) is 35.7 Å². The molecule has 3 aromatic carbocycles. The molecule has 0 radical (unpaired) electrons. The van der Waals surface area contributed by atoms with Crippen LogP contribution in [0.2, 0.25) is 0 Å². The first-order chi connectivity index (χ1) is 18.9. The molecule has 4 aliphatic rings. The summed E-state index contributed by atoms with van der Waals surface area (Å²) in [5.41, 5.74) is 6.30. The molecule has 0 bridgehead atoms. The van der Waals surface area contributed by atoms with Gasteiger partial charge in [0.1, 0.15) is 12.6 Å². The van der Waals surface area contributed by atoms with Gasteiger partial charge in [-0.3, -0.25) is 9.69 Å². The minimum Gasteiger partial charge on any atom is -0.456 e. The summed E-state index contributed by atoms with van der Waals surface area (Å²) in [4.78, 5) is 40.7. The molecule has 3 aromatic rings. The van der Waals surface area contributed by atoms with Crippen LogP contribution in [0.4, 0.5) is 4.79 Å². The molecule has 2 saturated carbocycles. The van der Waals surface area contributed by atoms with E-state index in [1.165, 1.54) is 27.2 Å². The SMILES string of the molecule is O=C(COC(=O)[C@@H]1CC2(CC2)CN1C(=O)OCc1ccccc1)c1ccc2c(c1)C1(CC1)c1cc(Br)ccc1-2. The molecule has 198 valence electrons. The first-order valence-electron chi connectivity index (χ1n) is 13.5. The van der Waals surface area contributed by atoms with E-state index in [1.807, 2.05) is 48.5 Å². The zero-order chi connectivity index (χ0) is 26.8. The lowest BCUT2D eigenvalue weighted by Crippen LogP contribution is -2.42. The molecular formula is C32H28BrNO5. The van der Waals surface area contributed by atoms with Crippen molar-refractivity contribution in [2.24, 2.45) is 5.41 Å². The van der Waals surface area contributed by atoms with E-state index in [-0.39, 0.29) is 29.8 Å². The van der Waals surface area contributed by atoms with Crippen LogP contribution in [-0.2, 0) is 26.3 Å². The summed E-state index contributed by atoms with van der Waals surface area (Å²) in [5.74, 6) is -0.780. The number of halogens is 1. The fourth-order valence-electron chi connectivity index (χ4n) is 6.42. The van der Waals surface area contributed by atoms with E-state index < -0.39 is 18.1 Å². The highest BCUT2D eigenvalue weighted by molar-refractivity contribution is 9.10. The van der Waals surface area contributed by atoms with Crippen LogP contribution in [0, 0.1) is 5.41 Å². The molecule has 7 heteroatoms. The van der Waals surface area contributed by atoms with Crippen molar-refractivity contribution in [2.45, 2.75) is 50.2 Å². The molecule has 1 saturated heterocycles. The van der Waals surface area contributed by atoms with Crippen molar-refractivity contribution < 1.29 is 23.9 Å². The van der Waals surface area contributed by atoms with Crippen molar-refractivity contribution in [3.8, 4) is 11.1 Å². The van der Waals surface area contributed by atoms with Gasteiger partial charge in [-0.2, -0.15) is 0 Å². The molecule has 7 rings (SSSR count). The molecule has 1 aliphatic heterocycles. The summed E-state index contributed by atoms with van der Waals surface area (Å²) in [6.07, 6.45) is 4.12. The van der Waals surface area contributed by atoms with Gasteiger partial charge < -0.3 is 9.47 Å². The maximum Gasteiger partial charge on any atom is 0.410 e. The number of esters is 1. The Labute approximate surface area is 235 Å². The second-order valence-corrected chi connectivity index (χ2v) is 12.4. The van der Waals surface area contributed by atoms with Crippen LogP contribution in [0.1, 0.15) is 59.2 Å². The van der Waals surface area contributed by atoms with Gasteiger partial charge in [-0.25, -0.2) is 9.59 Å². The van der Waals surface area contributed by atoms with Gasteiger partial charge in [-0.1, -0.05) is 64.5 Å². The molecule has 0 N–H and O–H groups in total. The van der Waals surface area contributed by atoms with E-state index in [1.54, 1.807) is 0 Å². The Balaban J connectivity index is 1.02. The summed E-state index contributed by atoms with van der Waals surface area (Å²) in [6, 6.07) is 20.9. The molecule has 1 heterocycles. The number of amides is 1. The highest BCUT2D eigenvalue weighted by atomic mass is 79.9. The minimum absolute atomic E-state index is 0.00947. The van der Waals surface area contributed by atoms with E-state index in [2.05, 4.69) is 34.1 Å². The Morgan fingerprint density at radius 2 is 1.59 bits per heavy atom. The van der Waals surface area contributed by atoms with Gasteiger partial charge in [0.15, 0.2) is 12.4 Å². The predicted octanol–water partition coefficient (Wildman–Crippen LogP) is 6.43. The van der Waals surface area contributed by atoms with Crippen LogP contribution < -0.4 is 0 Å². The number of carbonyl (C=O) groups excluding carboxylic acids is 3. The Kier molecular flexibility index (Phi) is 5.70. The van der Waals surface area contributed by atoms with Crippen molar-refractivity contribution in [1.82, 2.24) is 4.90 Å². The highest BCUT2D eigenvalue weighted by Gasteiger charge is 2.56. The van der Waals surface area contributed by atoms with Crippen LogP contribution in [0.5, 0.6) is 0 Å². The van der Waals surface area contributed by atoms with E-state index in [4.69, 9.17) is 9.47 Å². The molecule has 39 heavy (non-hydrogen) atoms. The molecule has 6 nitrogen and oxygen atoms in total. The number of nitrogens with zero attached hydrogens (tertiary/aromatic N) is 1. The van der Waals surface area contributed by atoms with Gasteiger partial charge in [-0.05, 0) is 83.5 Å². The van der Waals surface area contributed by atoms with Crippen LogP contribution in [0.25, 0.3) is 11.1 Å². The summed E-state index contributed by atoms with van der Waals surface area (Å²) < 4.78 is 12.1. The van der Waals surface area contributed by atoms with Gasteiger partial charge in [0.25, 0.3) is 0 Å². The lowest BCUT2D eigenvalue weighted by atomic mass is 9.92. The van der Waals surface area contributed by atoms with E-state index in [9.17, 15) is 14.4 Å². The van der Waals surface area contributed by atoms with Crippen LogP contribution >= 0.6 is 15.9 Å². The third-order valence-electron chi connectivity index (χ3n) is 8.92. The van der Waals surface area contributed by atoms with Crippen molar-refractivity contribution in [2.75, 3.05) is 13.2 Å². The zero-order valence-corrected chi connectivity index (χ0v) is 23.0. The van der Waals surface area contributed by atoms with Crippen molar-refractivity contribution in [1.29, 1.82) is 0 Å². The summed E-state index contributed by atoms with van der Waals surface area (Å²) in [7, 11) is 0. The van der Waals surface area contributed by atoms with Gasteiger partial charge in [0.05, 0.1) is 0 Å². The van der Waals surface area contributed by atoms with Crippen LogP contribution in [-0.4, -0.2) is 41.9 Å². The third kappa shape index (κ3) is 4.27. The lowest BCUT2D eigenvalue weighted by molar-refractivity contribution is -0.147.